The molecule has 6 nitrogen and oxygen atoms in total. The Bertz CT molecular complexity index is 1060. The minimum Gasteiger partial charge on any atom is -0.326 e. The average molecular weight is 416 g/mol. The molecule has 146 valence electrons. The van der Waals surface area contributed by atoms with Crippen molar-refractivity contribution >= 4 is 33.0 Å². The van der Waals surface area contributed by atoms with Gasteiger partial charge in [0.25, 0.3) is 0 Å². The Morgan fingerprint density at radius 1 is 1.11 bits per heavy atom. The minimum atomic E-state index is -3.65. The standard InChI is InChI=1S/C20H21N3O3S2/c1-14-3-4-15(2)18(13-14)28(25,26)22-10-9-19(24)23-17-7-5-16(6-8-17)20-21-11-12-27-20/h3-8,11-13,22H,9-10H2,1-2H3,(H,23,24). The smallest absolute Gasteiger partial charge is 0.240 e. The number of anilines is 1. The van der Waals surface area contributed by atoms with Gasteiger partial charge in [-0.2, -0.15) is 0 Å². The molecule has 28 heavy (non-hydrogen) atoms. The van der Waals surface area contributed by atoms with Crippen molar-refractivity contribution in [1.82, 2.24) is 9.71 Å². The van der Waals surface area contributed by atoms with Gasteiger partial charge in [-0.15, -0.1) is 11.3 Å². The van der Waals surface area contributed by atoms with Gasteiger partial charge in [0.15, 0.2) is 0 Å². The van der Waals surface area contributed by atoms with Gasteiger partial charge in [-0.25, -0.2) is 18.1 Å². The Labute approximate surface area is 168 Å². The second-order valence-electron chi connectivity index (χ2n) is 6.38. The van der Waals surface area contributed by atoms with Crippen LogP contribution in [0.4, 0.5) is 5.69 Å². The first kappa shape index (κ1) is 20.2. The van der Waals surface area contributed by atoms with Crippen LogP contribution in [0.15, 0.2) is 58.9 Å². The lowest BCUT2D eigenvalue weighted by molar-refractivity contribution is -0.116. The number of aromatic nitrogens is 1. The molecule has 2 aromatic carbocycles. The number of carbonyl (C=O) groups is 1. The van der Waals surface area contributed by atoms with Crippen molar-refractivity contribution in [1.29, 1.82) is 0 Å². The first-order valence-electron chi connectivity index (χ1n) is 8.72. The van der Waals surface area contributed by atoms with Gasteiger partial charge < -0.3 is 5.32 Å². The molecule has 0 aliphatic heterocycles. The molecule has 0 radical (unpaired) electrons. The lowest BCUT2D eigenvalue weighted by Crippen LogP contribution is -2.28. The third-order valence-electron chi connectivity index (χ3n) is 4.13. The summed E-state index contributed by atoms with van der Waals surface area (Å²) in [4.78, 5) is 16.6. The zero-order chi connectivity index (χ0) is 20.1. The lowest BCUT2D eigenvalue weighted by Gasteiger charge is -2.10. The fourth-order valence-corrected chi connectivity index (χ4v) is 4.66. The van der Waals surface area contributed by atoms with Crippen LogP contribution in [0.3, 0.4) is 0 Å². The number of benzene rings is 2. The monoisotopic (exact) mass is 415 g/mol. The summed E-state index contributed by atoms with van der Waals surface area (Å²) in [6, 6.07) is 12.6. The SMILES string of the molecule is Cc1ccc(C)c(S(=O)(=O)NCCC(=O)Nc2ccc(-c3nccs3)cc2)c1. The van der Waals surface area contributed by atoms with Crippen LogP contribution >= 0.6 is 11.3 Å². The Morgan fingerprint density at radius 2 is 1.86 bits per heavy atom. The fourth-order valence-electron chi connectivity index (χ4n) is 2.66. The lowest BCUT2D eigenvalue weighted by atomic mass is 10.2. The highest BCUT2D eigenvalue weighted by Gasteiger charge is 2.17. The van der Waals surface area contributed by atoms with Crippen LogP contribution in [0.2, 0.25) is 0 Å². The second-order valence-corrected chi connectivity index (χ2v) is 9.01. The molecule has 3 aromatic rings. The van der Waals surface area contributed by atoms with Crippen molar-refractivity contribution in [2.24, 2.45) is 0 Å². The van der Waals surface area contributed by atoms with Crippen LogP contribution in [0, 0.1) is 13.8 Å². The van der Waals surface area contributed by atoms with Gasteiger partial charge >= 0.3 is 0 Å². The maximum absolute atomic E-state index is 12.4. The summed E-state index contributed by atoms with van der Waals surface area (Å²) in [5.41, 5.74) is 3.17. The number of carbonyl (C=O) groups excluding carboxylic acids is 1. The largest absolute Gasteiger partial charge is 0.326 e. The van der Waals surface area contributed by atoms with E-state index in [-0.39, 0.29) is 23.8 Å². The van der Waals surface area contributed by atoms with Crippen LogP contribution < -0.4 is 10.0 Å². The molecule has 0 unspecified atom stereocenters. The van der Waals surface area contributed by atoms with Gasteiger partial charge in [-0.3, -0.25) is 4.79 Å². The first-order chi connectivity index (χ1) is 13.3. The molecule has 8 heteroatoms. The number of thiazole rings is 1. The van der Waals surface area contributed by atoms with Crippen LogP contribution in [-0.4, -0.2) is 25.9 Å². The van der Waals surface area contributed by atoms with E-state index in [0.29, 0.717) is 11.3 Å². The topological polar surface area (TPSA) is 88.2 Å². The maximum Gasteiger partial charge on any atom is 0.240 e. The van der Waals surface area contributed by atoms with Crippen molar-refractivity contribution < 1.29 is 13.2 Å². The summed E-state index contributed by atoms with van der Waals surface area (Å²) in [6.07, 6.45) is 1.79. The van der Waals surface area contributed by atoms with Gasteiger partial charge in [0.1, 0.15) is 5.01 Å². The van der Waals surface area contributed by atoms with E-state index in [1.54, 1.807) is 48.7 Å². The normalized spacial score (nSPS) is 11.4. The van der Waals surface area contributed by atoms with Crippen LogP contribution in [0.5, 0.6) is 0 Å². The van der Waals surface area contributed by atoms with Crippen molar-refractivity contribution in [2.45, 2.75) is 25.2 Å². The fraction of sp³-hybridized carbons (Fsp3) is 0.200. The van der Waals surface area contributed by atoms with E-state index in [9.17, 15) is 13.2 Å². The zero-order valence-electron chi connectivity index (χ0n) is 15.6. The third-order valence-corrected chi connectivity index (χ3v) is 6.55. The molecular weight excluding hydrogens is 394 g/mol. The number of nitrogens with zero attached hydrogens (tertiary/aromatic N) is 1. The highest BCUT2D eigenvalue weighted by atomic mass is 32.2. The molecule has 1 aromatic heterocycles. The third kappa shape index (κ3) is 5.03. The Hall–Kier alpha value is -2.55. The average Bonchev–Trinajstić information content (AvgIpc) is 3.19. The molecule has 3 rings (SSSR count). The number of hydrogen-bond donors (Lipinski definition) is 2. The molecule has 0 saturated carbocycles. The second kappa shape index (κ2) is 8.64. The molecule has 1 amide bonds. The molecule has 0 fully saturated rings. The van der Waals surface area contributed by atoms with Crippen LogP contribution in [-0.2, 0) is 14.8 Å². The molecule has 0 spiro atoms. The van der Waals surface area contributed by atoms with E-state index in [2.05, 4.69) is 15.0 Å². The van der Waals surface area contributed by atoms with E-state index in [1.807, 2.05) is 30.5 Å². The Kier molecular flexibility index (Phi) is 6.23. The van der Waals surface area contributed by atoms with Gasteiger partial charge in [0, 0.05) is 35.8 Å². The number of amides is 1. The van der Waals surface area contributed by atoms with E-state index in [0.717, 1.165) is 16.1 Å². The summed E-state index contributed by atoms with van der Waals surface area (Å²) < 4.78 is 27.4. The quantitative estimate of drug-likeness (QED) is 0.615. The molecule has 0 aliphatic rings. The number of rotatable bonds is 7. The molecule has 1 heterocycles. The number of sulfonamides is 1. The van der Waals surface area contributed by atoms with Crippen LogP contribution in [0.1, 0.15) is 17.5 Å². The first-order valence-corrected chi connectivity index (χ1v) is 11.1. The number of hydrogen-bond acceptors (Lipinski definition) is 5. The molecule has 0 atom stereocenters. The molecule has 0 aliphatic carbocycles. The summed E-state index contributed by atoms with van der Waals surface area (Å²) in [7, 11) is -3.65. The minimum absolute atomic E-state index is 0.0265. The van der Waals surface area contributed by atoms with Gasteiger partial charge in [0.05, 0.1) is 4.90 Å². The van der Waals surface area contributed by atoms with Crippen molar-refractivity contribution in [3.05, 3.63) is 65.2 Å². The summed E-state index contributed by atoms with van der Waals surface area (Å²) in [5.74, 6) is -0.259. The molecule has 2 N–H and O–H groups in total. The molecular formula is C20H21N3O3S2. The Morgan fingerprint density at radius 3 is 2.54 bits per heavy atom. The number of nitrogens with one attached hydrogen (secondary N) is 2. The summed E-state index contributed by atoms with van der Waals surface area (Å²) >= 11 is 1.55. The maximum atomic E-state index is 12.4. The molecule has 0 bridgehead atoms. The highest BCUT2D eigenvalue weighted by Crippen LogP contribution is 2.23. The predicted molar refractivity (Wildman–Crippen MR) is 112 cm³/mol. The highest BCUT2D eigenvalue weighted by molar-refractivity contribution is 7.89. The van der Waals surface area contributed by atoms with Crippen LogP contribution in [0.25, 0.3) is 10.6 Å². The Balaban J connectivity index is 1.53. The van der Waals surface area contributed by atoms with Crippen molar-refractivity contribution in [2.75, 3.05) is 11.9 Å². The van der Waals surface area contributed by atoms with Crippen molar-refractivity contribution in [3.63, 3.8) is 0 Å². The predicted octanol–water partition coefficient (Wildman–Crippen LogP) is 3.73. The van der Waals surface area contributed by atoms with E-state index in [1.165, 1.54) is 0 Å². The van der Waals surface area contributed by atoms with Gasteiger partial charge in [0.2, 0.25) is 15.9 Å². The van der Waals surface area contributed by atoms with E-state index < -0.39 is 10.0 Å². The van der Waals surface area contributed by atoms with E-state index in [4.69, 9.17) is 0 Å². The zero-order valence-corrected chi connectivity index (χ0v) is 17.2. The summed E-state index contributed by atoms with van der Waals surface area (Å²) in [5, 5.41) is 5.59. The van der Waals surface area contributed by atoms with E-state index >= 15 is 0 Å². The van der Waals surface area contributed by atoms with Gasteiger partial charge in [-0.1, -0.05) is 12.1 Å². The summed E-state index contributed by atoms with van der Waals surface area (Å²) in [6.45, 7) is 3.61. The molecule has 0 saturated heterocycles. The number of aryl methyl sites for hydroxylation is 2. The van der Waals surface area contributed by atoms with Gasteiger partial charge in [-0.05, 0) is 55.3 Å². The van der Waals surface area contributed by atoms with Crippen molar-refractivity contribution in [3.8, 4) is 10.6 Å².